The Labute approximate surface area is 200 Å². The topological polar surface area (TPSA) is 61.4 Å². The van der Waals surface area contributed by atoms with Crippen LogP contribution < -0.4 is 10.2 Å². The molecule has 4 rings (SSSR count). The van der Waals surface area contributed by atoms with E-state index >= 15 is 0 Å². The number of piperazine rings is 1. The fourth-order valence-electron chi connectivity index (χ4n) is 4.09. The molecule has 1 N–H and O–H groups in total. The normalized spacial score (nSPS) is 14.3. The van der Waals surface area contributed by atoms with Gasteiger partial charge in [0, 0.05) is 55.0 Å². The summed E-state index contributed by atoms with van der Waals surface area (Å²) < 4.78 is 13.5. The van der Waals surface area contributed by atoms with E-state index in [2.05, 4.69) is 10.2 Å². The number of halogens is 1. The van der Waals surface area contributed by atoms with Crippen molar-refractivity contribution in [3.63, 3.8) is 0 Å². The van der Waals surface area contributed by atoms with E-state index in [1.165, 1.54) is 12.1 Å². The van der Waals surface area contributed by atoms with Crippen LogP contribution in [0.2, 0.25) is 0 Å². The van der Waals surface area contributed by atoms with Crippen LogP contribution in [-0.2, 0) is 6.42 Å². The average Bonchev–Trinajstić information content (AvgIpc) is 2.81. The van der Waals surface area contributed by atoms with Crippen molar-refractivity contribution in [2.75, 3.05) is 31.1 Å². The summed E-state index contributed by atoms with van der Waals surface area (Å²) in [5.41, 5.74) is 3.62. The molecule has 0 unspecified atom stereocenters. The van der Waals surface area contributed by atoms with Gasteiger partial charge in [0.1, 0.15) is 11.6 Å². The van der Waals surface area contributed by atoms with Gasteiger partial charge >= 0.3 is 6.03 Å². The minimum Gasteiger partial charge on any atom is -0.353 e. The van der Waals surface area contributed by atoms with Crippen molar-refractivity contribution >= 4 is 11.8 Å². The van der Waals surface area contributed by atoms with Gasteiger partial charge in [0.05, 0.1) is 0 Å². The van der Waals surface area contributed by atoms with Crippen LogP contribution >= 0.6 is 0 Å². The fourth-order valence-corrected chi connectivity index (χ4v) is 4.09. The summed E-state index contributed by atoms with van der Waals surface area (Å²) in [6, 6.07) is 16.5. The van der Waals surface area contributed by atoms with Crippen LogP contribution in [0.5, 0.6) is 0 Å². The van der Waals surface area contributed by atoms with Crippen molar-refractivity contribution in [1.82, 2.24) is 20.2 Å². The first kappa shape index (κ1) is 23.7. The third-order valence-corrected chi connectivity index (χ3v) is 5.87. The van der Waals surface area contributed by atoms with Crippen LogP contribution in [0.4, 0.5) is 15.0 Å². The molecule has 0 aliphatic carbocycles. The highest BCUT2D eigenvalue weighted by atomic mass is 19.1. The van der Waals surface area contributed by atoms with Gasteiger partial charge < -0.3 is 15.1 Å². The van der Waals surface area contributed by atoms with E-state index in [9.17, 15) is 9.18 Å². The van der Waals surface area contributed by atoms with Crippen molar-refractivity contribution in [3.05, 3.63) is 77.2 Å². The first-order valence-electron chi connectivity index (χ1n) is 11.7. The van der Waals surface area contributed by atoms with Gasteiger partial charge in [0.25, 0.3) is 0 Å². The van der Waals surface area contributed by atoms with Crippen LogP contribution in [0.1, 0.15) is 37.6 Å². The quantitative estimate of drug-likeness (QED) is 0.606. The summed E-state index contributed by atoms with van der Waals surface area (Å²) in [5.74, 6) is 1.32. The number of rotatable bonds is 4. The summed E-state index contributed by atoms with van der Waals surface area (Å²) >= 11 is 0. The maximum absolute atomic E-state index is 13.5. The van der Waals surface area contributed by atoms with Crippen molar-refractivity contribution in [3.8, 4) is 11.4 Å². The fraction of sp³-hybridized carbons (Fsp3) is 0.370. The Morgan fingerprint density at radius 2 is 1.62 bits per heavy atom. The minimum atomic E-state index is -0.273. The summed E-state index contributed by atoms with van der Waals surface area (Å²) in [6.07, 6.45) is 0.612. The number of aromatic nitrogens is 2. The number of benzene rings is 2. The molecule has 1 aromatic heterocycles. The van der Waals surface area contributed by atoms with Gasteiger partial charge in [0.2, 0.25) is 0 Å². The molecule has 7 heteroatoms. The third-order valence-electron chi connectivity index (χ3n) is 5.87. The van der Waals surface area contributed by atoms with Gasteiger partial charge in [-0.3, -0.25) is 0 Å². The Balaban J connectivity index is 1.63. The summed E-state index contributed by atoms with van der Waals surface area (Å²) in [7, 11) is 0. The van der Waals surface area contributed by atoms with Gasteiger partial charge in [-0.2, -0.15) is 0 Å². The number of hydrogen-bond acceptors (Lipinski definition) is 4. The van der Waals surface area contributed by atoms with E-state index in [0.29, 0.717) is 38.4 Å². The highest BCUT2D eigenvalue weighted by Crippen LogP contribution is 2.28. The molecule has 3 aromatic rings. The SMILES string of the molecule is Cc1nc(-c2ccccc2)nc(N2CCN(C(=O)NC(C)(C)C)CC2)c1Cc1ccc(F)cc1. The zero-order valence-electron chi connectivity index (χ0n) is 20.3. The zero-order chi connectivity index (χ0) is 24.3. The lowest BCUT2D eigenvalue weighted by molar-refractivity contribution is 0.185. The molecule has 1 aliphatic rings. The first-order valence-corrected chi connectivity index (χ1v) is 11.7. The van der Waals surface area contributed by atoms with Crippen molar-refractivity contribution in [2.45, 2.75) is 39.7 Å². The van der Waals surface area contributed by atoms with E-state index in [-0.39, 0.29) is 17.4 Å². The van der Waals surface area contributed by atoms with E-state index in [0.717, 1.165) is 28.2 Å². The Hall–Kier alpha value is -3.48. The van der Waals surface area contributed by atoms with Gasteiger partial charge in [-0.05, 0) is 45.4 Å². The number of nitrogens with zero attached hydrogens (tertiary/aromatic N) is 4. The molecule has 0 spiro atoms. The van der Waals surface area contributed by atoms with Gasteiger partial charge in [0.15, 0.2) is 5.82 Å². The molecule has 0 bridgehead atoms. The van der Waals surface area contributed by atoms with Crippen molar-refractivity contribution < 1.29 is 9.18 Å². The van der Waals surface area contributed by atoms with E-state index in [4.69, 9.17) is 9.97 Å². The highest BCUT2D eigenvalue weighted by Gasteiger charge is 2.27. The molecule has 2 aromatic carbocycles. The van der Waals surface area contributed by atoms with Crippen molar-refractivity contribution in [2.24, 2.45) is 0 Å². The Kier molecular flexibility index (Phi) is 6.82. The number of nitrogens with one attached hydrogen (secondary N) is 1. The van der Waals surface area contributed by atoms with Gasteiger partial charge in [-0.15, -0.1) is 0 Å². The molecule has 0 radical (unpaired) electrons. The third kappa shape index (κ3) is 5.71. The second-order valence-corrected chi connectivity index (χ2v) is 9.76. The van der Waals surface area contributed by atoms with E-state index < -0.39 is 0 Å². The maximum Gasteiger partial charge on any atom is 0.317 e. The molecule has 1 fully saturated rings. The first-order chi connectivity index (χ1) is 16.2. The summed E-state index contributed by atoms with van der Waals surface area (Å²) in [6.45, 7) is 10.5. The predicted molar refractivity (Wildman–Crippen MR) is 133 cm³/mol. The molecule has 2 heterocycles. The molecular formula is C27H32FN5O. The van der Waals surface area contributed by atoms with Crippen LogP contribution in [-0.4, -0.2) is 52.6 Å². The number of carbonyl (C=O) groups excluding carboxylic acids is 1. The van der Waals surface area contributed by atoms with Crippen LogP contribution in [0.15, 0.2) is 54.6 Å². The molecule has 6 nitrogen and oxygen atoms in total. The lowest BCUT2D eigenvalue weighted by Gasteiger charge is -2.37. The lowest BCUT2D eigenvalue weighted by atomic mass is 10.0. The molecular weight excluding hydrogens is 429 g/mol. The predicted octanol–water partition coefficient (Wildman–Crippen LogP) is 4.81. The minimum absolute atomic E-state index is 0.0393. The number of hydrogen-bond donors (Lipinski definition) is 1. The largest absolute Gasteiger partial charge is 0.353 e. The monoisotopic (exact) mass is 461 g/mol. The smallest absolute Gasteiger partial charge is 0.317 e. The standard InChI is InChI=1S/C27H32FN5O/c1-19-23(18-20-10-12-22(28)13-11-20)25(30-24(29-19)21-8-6-5-7-9-21)32-14-16-33(17-15-32)26(34)31-27(2,3)4/h5-13H,14-18H2,1-4H3,(H,31,34). The van der Waals surface area contributed by atoms with E-state index in [1.54, 1.807) is 12.1 Å². The summed E-state index contributed by atoms with van der Waals surface area (Å²) in [4.78, 5) is 26.5. The van der Waals surface area contributed by atoms with Crippen LogP contribution in [0.25, 0.3) is 11.4 Å². The Morgan fingerprint density at radius 1 is 0.971 bits per heavy atom. The number of aryl methyl sites for hydroxylation is 1. The number of urea groups is 1. The van der Waals surface area contributed by atoms with Gasteiger partial charge in [-0.25, -0.2) is 19.2 Å². The van der Waals surface area contributed by atoms with Crippen LogP contribution in [0.3, 0.4) is 0 Å². The average molecular weight is 462 g/mol. The molecule has 1 aliphatic heterocycles. The molecule has 1 saturated heterocycles. The number of anilines is 1. The molecule has 34 heavy (non-hydrogen) atoms. The zero-order valence-corrected chi connectivity index (χ0v) is 20.3. The summed E-state index contributed by atoms with van der Waals surface area (Å²) in [5, 5.41) is 3.04. The molecule has 0 atom stereocenters. The van der Waals surface area contributed by atoms with Crippen molar-refractivity contribution in [1.29, 1.82) is 0 Å². The Bertz CT molecular complexity index is 1130. The molecule has 178 valence electrons. The number of carbonyl (C=O) groups is 1. The van der Waals surface area contributed by atoms with Crippen LogP contribution in [0, 0.1) is 12.7 Å². The second-order valence-electron chi connectivity index (χ2n) is 9.76. The lowest BCUT2D eigenvalue weighted by Crippen LogP contribution is -2.55. The molecule has 0 saturated carbocycles. The van der Waals surface area contributed by atoms with E-state index in [1.807, 2.05) is 62.9 Å². The number of amides is 2. The maximum atomic E-state index is 13.5. The molecule has 2 amide bonds. The Morgan fingerprint density at radius 3 is 2.24 bits per heavy atom. The van der Waals surface area contributed by atoms with Gasteiger partial charge in [-0.1, -0.05) is 42.5 Å². The second kappa shape index (κ2) is 9.79. The highest BCUT2D eigenvalue weighted by molar-refractivity contribution is 5.75.